The first-order valence-corrected chi connectivity index (χ1v) is 6.78. The van der Waals surface area contributed by atoms with Gasteiger partial charge in [-0.1, -0.05) is 26.7 Å². The van der Waals surface area contributed by atoms with Crippen LogP contribution in [-0.4, -0.2) is 48.1 Å². The van der Waals surface area contributed by atoms with Crippen molar-refractivity contribution in [3.8, 4) is 0 Å². The average Bonchev–Trinajstić information content (AvgIpc) is 2.37. The number of carbonyl (C=O) groups excluding carboxylic acids is 1. The van der Waals surface area contributed by atoms with E-state index in [2.05, 4.69) is 0 Å². The zero-order valence-corrected chi connectivity index (χ0v) is 12.1. The first kappa shape index (κ1) is 18.3. The van der Waals surface area contributed by atoms with E-state index < -0.39 is 24.7 Å². The molecule has 0 aliphatic rings. The number of hydrogen-bond donors (Lipinski definition) is 2. The fraction of sp³-hybridized carbons (Fsp3) is 0.923. The molecule has 6 heteroatoms. The van der Waals surface area contributed by atoms with Gasteiger partial charge < -0.3 is 24.4 Å². The number of aliphatic hydroxyl groups is 2. The number of aliphatic hydroxyl groups excluding tert-OH is 2. The van der Waals surface area contributed by atoms with Gasteiger partial charge in [0.1, 0.15) is 0 Å². The first-order chi connectivity index (χ1) is 9.02. The molecular weight excluding hydrogens is 252 g/mol. The standard InChI is InChI=1S/C13H26O6/c1-4-6-8-17-13(12(16)10-14,19-11(3)15)18-9-7-5-2/h12,14,16H,4-10H2,1-3H3. The molecule has 0 radical (unpaired) electrons. The zero-order chi connectivity index (χ0) is 14.7. The maximum atomic E-state index is 11.2. The average molecular weight is 278 g/mol. The van der Waals surface area contributed by atoms with Gasteiger partial charge in [0, 0.05) is 6.92 Å². The van der Waals surface area contributed by atoms with E-state index in [-0.39, 0.29) is 13.2 Å². The SMILES string of the molecule is CCCCOC(OCCCC)(OC(C)=O)C(O)CO. The van der Waals surface area contributed by atoms with Crippen LogP contribution in [0.1, 0.15) is 46.5 Å². The van der Waals surface area contributed by atoms with E-state index in [1.165, 1.54) is 6.92 Å². The van der Waals surface area contributed by atoms with Crippen LogP contribution >= 0.6 is 0 Å². The van der Waals surface area contributed by atoms with Gasteiger partial charge in [0.2, 0.25) is 0 Å². The molecular formula is C13H26O6. The minimum Gasteiger partial charge on any atom is -0.406 e. The highest BCUT2D eigenvalue weighted by Gasteiger charge is 2.44. The number of carbonyl (C=O) groups is 1. The summed E-state index contributed by atoms with van der Waals surface area (Å²) in [7, 11) is 0. The summed E-state index contributed by atoms with van der Waals surface area (Å²) in [6, 6.07) is 0. The summed E-state index contributed by atoms with van der Waals surface area (Å²) in [6.07, 6.45) is 1.81. The molecule has 0 aromatic rings. The van der Waals surface area contributed by atoms with Crippen LogP contribution in [0.4, 0.5) is 0 Å². The van der Waals surface area contributed by atoms with Crippen molar-refractivity contribution in [2.75, 3.05) is 19.8 Å². The summed E-state index contributed by atoms with van der Waals surface area (Å²) in [6.45, 7) is 5.09. The van der Waals surface area contributed by atoms with Crippen molar-refractivity contribution in [2.24, 2.45) is 0 Å². The van der Waals surface area contributed by atoms with Gasteiger partial charge in [-0.15, -0.1) is 0 Å². The number of hydrogen-bond acceptors (Lipinski definition) is 6. The summed E-state index contributed by atoms with van der Waals surface area (Å²) >= 11 is 0. The molecule has 0 aliphatic heterocycles. The lowest BCUT2D eigenvalue weighted by molar-refractivity contribution is -0.398. The molecule has 114 valence electrons. The minimum absolute atomic E-state index is 0.271. The van der Waals surface area contributed by atoms with Crippen molar-refractivity contribution in [3.63, 3.8) is 0 Å². The van der Waals surface area contributed by atoms with E-state index in [0.29, 0.717) is 0 Å². The summed E-state index contributed by atoms with van der Waals surface area (Å²) in [5.74, 6) is -2.55. The Morgan fingerprint density at radius 3 is 1.95 bits per heavy atom. The van der Waals surface area contributed by atoms with Crippen molar-refractivity contribution in [1.29, 1.82) is 0 Å². The van der Waals surface area contributed by atoms with Gasteiger partial charge in [0.15, 0.2) is 6.10 Å². The van der Waals surface area contributed by atoms with Gasteiger partial charge in [0.05, 0.1) is 19.8 Å². The quantitative estimate of drug-likeness (QED) is 0.335. The molecule has 1 unspecified atom stereocenters. The van der Waals surface area contributed by atoms with Crippen LogP contribution in [0.25, 0.3) is 0 Å². The van der Waals surface area contributed by atoms with E-state index >= 15 is 0 Å². The Balaban J connectivity index is 4.79. The topological polar surface area (TPSA) is 85.2 Å². The number of rotatable bonds is 11. The van der Waals surface area contributed by atoms with Crippen molar-refractivity contribution in [2.45, 2.75) is 58.5 Å². The molecule has 0 bridgehead atoms. The number of unbranched alkanes of at least 4 members (excludes halogenated alkanes) is 2. The molecule has 0 saturated heterocycles. The Hall–Kier alpha value is -0.690. The Bertz CT molecular complexity index is 233. The molecule has 0 heterocycles. The molecule has 0 aliphatic carbocycles. The highest BCUT2D eigenvalue weighted by Crippen LogP contribution is 2.22. The van der Waals surface area contributed by atoms with E-state index in [4.69, 9.17) is 19.3 Å². The number of esters is 1. The van der Waals surface area contributed by atoms with Crippen LogP contribution in [0.3, 0.4) is 0 Å². The lowest BCUT2D eigenvalue weighted by Crippen LogP contribution is -2.53. The molecule has 0 aromatic carbocycles. The predicted molar refractivity (Wildman–Crippen MR) is 69.3 cm³/mol. The van der Waals surface area contributed by atoms with E-state index in [1.54, 1.807) is 0 Å². The largest absolute Gasteiger partial charge is 0.406 e. The molecule has 6 nitrogen and oxygen atoms in total. The smallest absolute Gasteiger partial charge is 0.359 e. The molecule has 1 atom stereocenters. The maximum absolute atomic E-state index is 11.2. The lowest BCUT2D eigenvalue weighted by atomic mass is 10.3. The van der Waals surface area contributed by atoms with Gasteiger partial charge in [0.25, 0.3) is 0 Å². The highest BCUT2D eigenvalue weighted by atomic mass is 16.9. The third kappa shape index (κ3) is 6.87. The summed E-state index contributed by atoms with van der Waals surface area (Å²) in [4.78, 5) is 11.2. The monoisotopic (exact) mass is 278 g/mol. The normalized spacial score (nSPS) is 13.3. The highest BCUT2D eigenvalue weighted by molar-refractivity contribution is 5.66. The van der Waals surface area contributed by atoms with Crippen molar-refractivity contribution >= 4 is 5.97 Å². The third-order valence-corrected chi connectivity index (χ3v) is 2.47. The third-order valence-electron chi connectivity index (χ3n) is 2.47. The van der Waals surface area contributed by atoms with Crippen molar-refractivity contribution < 1.29 is 29.2 Å². The Labute approximate surface area is 114 Å². The van der Waals surface area contributed by atoms with Crippen LogP contribution < -0.4 is 0 Å². The molecule has 19 heavy (non-hydrogen) atoms. The maximum Gasteiger partial charge on any atom is 0.359 e. The van der Waals surface area contributed by atoms with Crippen LogP contribution in [0.5, 0.6) is 0 Å². The molecule has 0 fully saturated rings. The first-order valence-electron chi connectivity index (χ1n) is 6.78. The summed E-state index contributed by atoms with van der Waals surface area (Å²) in [5.41, 5.74) is 0. The van der Waals surface area contributed by atoms with Crippen LogP contribution in [-0.2, 0) is 19.0 Å². The minimum atomic E-state index is -1.91. The van der Waals surface area contributed by atoms with Crippen molar-refractivity contribution in [3.05, 3.63) is 0 Å². The molecule has 2 N–H and O–H groups in total. The number of ether oxygens (including phenoxy) is 3. The predicted octanol–water partition coefficient (Wildman–Crippen LogP) is 1.19. The van der Waals surface area contributed by atoms with E-state index in [1.807, 2.05) is 13.8 Å². The zero-order valence-electron chi connectivity index (χ0n) is 12.1. The van der Waals surface area contributed by atoms with Crippen LogP contribution in [0.2, 0.25) is 0 Å². The summed E-state index contributed by atoms with van der Waals surface area (Å²) in [5, 5.41) is 18.9. The molecule has 0 amide bonds. The molecule has 0 spiro atoms. The van der Waals surface area contributed by atoms with E-state index in [0.717, 1.165) is 25.7 Å². The lowest BCUT2D eigenvalue weighted by Gasteiger charge is -2.35. The second kappa shape index (κ2) is 10.1. The second-order valence-electron chi connectivity index (χ2n) is 4.30. The van der Waals surface area contributed by atoms with Gasteiger partial charge in [-0.2, -0.15) is 0 Å². The fourth-order valence-electron chi connectivity index (χ4n) is 1.39. The Morgan fingerprint density at radius 2 is 1.63 bits per heavy atom. The second-order valence-corrected chi connectivity index (χ2v) is 4.30. The Morgan fingerprint density at radius 1 is 1.16 bits per heavy atom. The van der Waals surface area contributed by atoms with E-state index in [9.17, 15) is 9.90 Å². The summed E-state index contributed by atoms with van der Waals surface area (Å²) < 4.78 is 15.8. The van der Waals surface area contributed by atoms with Gasteiger partial charge in [-0.05, 0) is 12.8 Å². The Kier molecular flexibility index (Phi) is 9.77. The molecule has 0 saturated carbocycles. The van der Waals surface area contributed by atoms with Crippen LogP contribution in [0, 0.1) is 0 Å². The molecule has 0 rings (SSSR count). The van der Waals surface area contributed by atoms with Crippen molar-refractivity contribution in [1.82, 2.24) is 0 Å². The van der Waals surface area contributed by atoms with Gasteiger partial charge >= 0.3 is 11.9 Å². The fourth-order valence-corrected chi connectivity index (χ4v) is 1.39. The van der Waals surface area contributed by atoms with Gasteiger partial charge in [-0.3, -0.25) is 4.79 Å². The van der Waals surface area contributed by atoms with Gasteiger partial charge in [-0.25, -0.2) is 0 Å². The van der Waals surface area contributed by atoms with Crippen LogP contribution in [0.15, 0.2) is 0 Å². The molecule has 0 aromatic heterocycles.